The number of carbonyl (C=O) groups excluding carboxylic acids is 2. The Balaban J connectivity index is 0.000000541. The fraction of sp³-hybridized carbons (Fsp3) is 0.276. The van der Waals surface area contributed by atoms with Gasteiger partial charge < -0.3 is 20.1 Å². The zero-order chi connectivity index (χ0) is 31.5. The summed E-state index contributed by atoms with van der Waals surface area (Å²) in [5.41, 5.74) is 1.75. The van der Waals surface area contributed by atoms with Gasteiger partial charge in [-0.2, -0.15) is 26.3 Å². The van der Waals surface area contributed by atoms with Crippen molar-refractivity contribution in [3.8, 4) is 16.9 Å². The Morgan fingerprint density at radius 2 is 1.60 bits per heavy atom. The Kier molecular flexibility index (Phi) is 8.99. The van der Waals surface area contributed by atoms with Crippen molar-refractivity contribution >= 4 is 23.5 Å². The van der Waals surface area contributed by atoms with Crippen LogP contribution >= 0.6 is 0 Å². The predicted molar refractivity (Wildman–Crippen MR) is 142 cm³/mol. The van der Waals surface area contributed by atoms with Gasteiger partial charge >= 0.3 is 18.3 Å². The zero-order valence-corrected chi connectivity index (χ0v) is 22.5. The number of halogens is 6. The summed E-state index contributed by atoms with van der Waals surface area (Å²) in [6.07, 6.45) is -9.55. The van der Waals surface area contributed by atoms with E-state index in [1.807, 2.05) is 24.3 Å². The lowest BCUT2D eigenvalue weighted by Crippen LogP contribution is -2.58. The number of nitrogens with one attached hydrogen (secondary N) is 1. The third-order valence-electron chi connectivity index (χ3n) is 6.87. The molecular weight excluding hydrogens is 584 g/mol. The van der Waals surface area contributed by atoms with Crippen molar-refractivity contribution < 1.29 is 50.6 Å². The van der Waals surface area contributed by atoms with Crippen LogP contribution in [0.5, 0.6) is 5.75 Å². The minimum Gasteiger partial charge on any atom is -0.497 e. The number of carbonyl (C=O) groups is 3. The lowest BCUT2D eigenvalue weighted by molar-refractivity contribution is -0.192. The summed E-state index contributed by atoms with van der Waals surface area (Å²) in [5.74, 6) is -2.59. The predicted octanol–water partition coefficient (Wildman–Crippen LogP) is 5.29. The van der Waals surface area contributed by atoms with Gasteiger partial charge in [-0.15, -0.1) is 0 Å². The molecular formula is C29H25F6N3O5. The minimum atomic E-state index is -5.08. The van der Waals surface area contributed by atoms with E-state index in [0.717, 1.165) is 23.4 Å². The molecule has 0 bridgehead atoms. The van der Waals surface area contributed by atoms with E-state index in [0.29, 0.717) is 43.0 Å². The van der Waals surface area contributed by atoms with Crippen LogP contribution < -0.4 is 10.1 Å². The monoisotopic (exact) mass is 609 g/mol. The van der Waals surface area contributed by atoms with Gasteiger partial charge in [-0.3, -0.25) is 14.5 Å². The smallest absolute Gasteiger partial charge is 0.490 e. The lowest BCUT2D eigenvalue weighted by Gasteiger charge is -2.39. The fourth-order valence-corrected chi connectivity index (χ4v) is 4.70. The first-order chi connectivity index (χ1) is 20.2. The normalized spacial score (nSPS) is 17.1. The fourth-order valence-electron chi connectivity index (χ4n) is 4.70. The number of piperazine rings is 1. The van der Waals surface area contributed by atoms with E-state index in [1.54, 1.807) is 36.3 Å². The van der Waals surface area contributed by atoms with E-state index in [4.69, 9.17) is 14.6 Å². The van der Waals surface area contributed by atoms with Crippen LogP contribution in [0.4, 0.5) is 32.0 Å². The Bertz CT molecular complexity index is 1510. The van der Waals surface area contributed by atoms with Gasteiger partial charge in [0.1, 0.15) is 11.8 Å². The summed E-state index contributed by atoms with van der Waals surface area (Å²) in [6.45, 7) is 1.95. The molecule has 2 N–H and O–H groups in total. The molecule has 0 aliphatic carbocycles. The van der Waals surface area contributed by atoms with Gasteiger partial charge in [0.15, 0.2) is 0 Å². The number of fused-ring (bicyclic) bond motifs is 2. The van der Waals surface area contributed by atoms with Crippen molar-refractivity contribution in [1.82, 2.24) is 9.80 Å². The summed E-state index contributed by atoms with van der Waals surface area (Å²) in [5, 5.41) is 9.97. The van der Waals surface area contributed by atoms with Gasteiger partial charge in [0.2, 0.25) is 5.91 Å². The molecule has 2 aliphatic rings. The van der Waals surface area contributed by atoms with Crippen LogP contribution in [0.1, 0.15) is 21.5 Å². The second-order valence-corrected chi connectivity index (χ2v) is 9.73. The number of methoxy groups -OCH3 is 1. The maximum absolute atomic E-state index is 13.5. The molecule has 2 amide bonds. The van der Waals surface area contributed by atoms with Gasteiger partial charge in [-0.05, 0) is 53.1 Å². The highest BCUT2D eigenvalue weighted by atomic mass is 19.4. The van der Waals surface area contributed by atoms with Crippen LogP contribution in [0.3, 0.4) is 0 Å². The van der Waals surface area contributed by atoms with E-state index in [1.165, 1.54) is 6.07 Å². The Hall–Kier alpha value is -4.59. The number of rotatable bonds is 4. The molecule has 0 radical (unpaired) electrons. The number of alkyl halides is 6. The average molecular weight is 610 g/mol. The number of hydrogen-bond donors (Lipinski definition) is 2. The number of benzene rings is 3. The molecule has 1 saturated heterocycles. The molecule has 43 heavy (non-hydrogen) atoms. The number of amides is 2. The van der Waals surface area contributed by atoms with Crippen LogP contribution in [0.15, 0.2) is 66.7 Å². The molecule has 0 aromatic heterocycles. The highest BCUT2D eigenvalue weighted by Crippen LogP contribution is 2.34. The summed E-state index contributed by atoms with van der Waals surface area (Å²) in [6, 6.07) is 16.7. The summed E-state index contributed by atoms with van der Waals surface area (Å²) >= 11 is 0. The van der Waals surface area contributed by atoms with E-state index in [2.05, 4.69) is 10.2 Å². The van der Waals surface area contributed by atoms with Crippen molar-refractivity contribution in [2.45, 2.75) is 24.9 Å². The van der Waals surface area contributed by atoms with E-state index in [-0.39, 0.29) is 17.4 Å². The molecule has 1 fully saturated rings. The summed E-state index contributed by atoms with van der Waals surface area (Å²) < 4.78 is 76.5. The maximum Gasteiger partial charge on any atom is 0.490 e. The van der Waals surface area contributed by atoms with Gasteiger partial charge in [-0.25, -0.2) is 4.79 Å². The van der Waals surface area contributed by atoms with Crippen LogP contribution in [0.25, 0.3) is 11.1 Å². The van der Waals surface area contributed by atoms with Crippen LogP contribution in [-0.4, -0.2) is 71.7 Å². The van der Waals surface area contributed by atoms with Crippen LogP contribution in [0, 0.1) is 0 Å². The van der Waals surface area contributed by atoms with Gasteiger partial charge in [0.25, 0.3) is 5.91 Å². The molecule has 0 saturated carbocycles. The Morgan fingerprint density at radius 3 is 2.21 bits per heavy atom. The molecule has 14 heteroatoms. The first kappa shape index (κ1) is 31.3. The highest BCUT2D eigenvalue weighted by molar-refractivity contribution is 6.10. The van der Waals surface area contributed by atoms with Crippen molar-refractivity contribution in [1.29, 1.82) is 0 Å². The third-order valence-corrected chi connectivity index (χ3v) is 6.87. The van der Waals surface area contributed by atoms with Gasteiger partial charge in [0.05, 0.1) is 23.9 Å². The van der Waals surface area contributed by atoms with Crippen molar-refractivity contribution in [2.75, 3.05) is 32.1 Å². The first-order valence-electron chi connectivity index (χ1n) is 12.8. The number of anilines is 1. The lowest BCUT2D eigenvalue weighted by atomic mass is 9.99. The minimum absolute atomic E-state index is 0.268. The van der Waals surface area contributed by atoms with Crippen molar-refractivity contribution in [3.05, 3.63) is 83.4 Å². The van der Waals surface area contributed by atoms with E-state index < -0.39 is 29.9 Å². The quantitative estimate of drug-likeness (QED) is 0.390. The summed E-state index contributed by atoms with van der Waals surface area (Å²) in [7, 11) is 1.61. The molecule has 8 nitrogen and oxygen atoms in total. The van der Waals surface area contributed by atoms with Gasteiger partial charge in [-0.1, -0.05) is 30.3 Å². The summed E-state index contributed by atoms with van der Waals surface area (Å²) in [4.78, 5) is 39.1. The molecule has 5 rings (SSSR count). The van der Waals surface area contributed by atoms with Gasteiger partial charge in [0, 0.05) is 26.2 Å². The van der Waals surface area contributed by atoms with Crippen molar-refractivity contribution in [2.24, 2.45) is 0 Å². The molecule has 2 heterocycles. The SMILES string of the molecule is COc1ccc(CN2CCN3C(=O)c4cc(-c5cccc(C(F)(F)F)c5)ccc4NC(=O)C3C2)cc1.O=C(O)C(F)(F)F. The second-order valence-electron chi connectivity index (χ2n) is 9.73. The molecule has 3 aromatic rings. The Labute approximate surface area is 241 Å². The number of carboxylic acid groups (broad SMARTS) is 1. The third kappa shape index (κ3) is 7.44. The Morgan fingerprint density at radius 1 is 0.953 bits per heavy atom. The maximum atomic E-state index is 13.5. The first-order valence-corrected chi connectivity index (χ1v) is 12.8. The van der Waals surface area contributed by atoms with Crippen LogP contribution in [0.2, 0.25) is 0 Å². The number of carboxylic acids is 1. The molecule has 1 atom stereocenters. The second kappa shape index (κ2) is 12.3. The topological polar surface area (TPSA) is 99.2 Å². The standard InChI is InChI=1S/C27H24F3N3O3.C2HF3O2/c1-36-21-8-5-17(6-9-21)15-32-11-12-33-24(16-32)25(34)31-23-10-7-19(14-22(23)26(33)35)18-3-2-4-20(13-18)27(28,29)30;3-2(4,5)1(6)7/h2-10,13-14,24H,11-12,15-16H2,1H3,(H,31,34);(H,6,7). The number of aliphatic carboxylic acids is 1. The van der Waals surface area contributed by atoms with Crippen molar-refractivity contribution in [3.63, 3.8) is 0 Å². The zero-order valence-electron chi connectivity index (χ0n) is 22.5. The molecule has 0 spiro atoms. The highest BCUT2D eigenvalue weighted by Gasteiger charge is 2.40. The largest absolute Gasteiger partial charge is 0.497 e. The van der Waals surface area contributed by atoms with E-state index in [9.17, 15) is 35.9 Å². The number of hydrogen-bond acceptors (Lipinski definition) is 5. The number of nitrogens with zero attached hydrogens (tertiary/aromatic N) is 2. The molecule has 1 unspecified atom stereocenters. The molecule has 3 aromatic carbocycles. The van der Waals surface area contributed by atoms with Crippen LogP contribution in [-0.2, 0) is 22.3 Å². The molecule has 2 aliphatic heterocycles. The molecule has 228 valence electrons. The number of ether oxygens (including phenoxy) is 1. The van der Waals surface area contributed by atoms with E-state index >= 15 is 0 Å². The average Bonchev–Trinajstić information content (AvgIpc) is 3.06.